The predicted octanol–water partition coefficient (Wildman–Crippen LogP) is 2.65. The van der Waals surface area contributed by atoms with E-state index in [2.05, 4.69) is 54.3 Å². The van der Waals surface area contributed by atoms with Crippen LogP contribution in [0.15, 0.2) is 24.3 Å². The van der Waals surface area contributed by atoms with Gasteiger partial charge in [-0.15, -0.1) is 0 Å². The summed E-state index contributed by atoms with van der Waals surface area (Å²) in [6.07, 6.45) is 0.887. The number of rotatable bonds is 5. The van der Waals surface area contributed by atoms with Gasteiger partial charge >= 0.3 is 0 Å². The topological polar surface area (TPSA) is 19.4 Å². The van der Waals surface area contributed by atoms with E-state index in [9.17, 15) is 0 Å². The SMILES string of the molecule is C=C(C)Cc1cc(CN2CCN(CC)CC2)cc(C)n1. The highest BCUT2D eigenvalue weighted by molar-refractivity contribution is 5.23. The van der Waals surface area contributed by atoms with Gasteiger partial charge in [0.15, 0.2) is 0 Å². The molecule has 2 heterocycles. The van der Waals surface area contributed by atoms with Crippen LogP contribution in [0.5, 0.6) is 0 Å². The molecule has 1 aromatic rings. The molecule has 1 aromatic heterocycles. The van der Waals surface area contributed by atoms with Crippen LogP contribution in [0.3, 0.4) is 0 Å². The van der Waals surface area contributed by atoms with Crippen molar-refractivity contribution in [3.05, 3.63) is 41.2 Å². The van der Waals surface area contributed by atoms with Gasteiger partial charge in [0.1, 0.15) is 0 Å². The summed E-state index contributed by atoms with van der Waals surface area (Å²) in [6.45, 7) is 17.3. The lowest BCUT2D eigenvalue weighted by atomic mass is 10.1. The van der Waals surface area contributed by atoms with Crippen molar-refractivity contribution < 1.29 is 0 Å². The van der Waals surface area contributed by atoms with Crippen molar-refractivity contribution >= 4 is 0 Å². The largest absolute Gasteiger partial charge is 0.301 e. The van der Waals surface area contributed by atoms with Crippen LogP contribution in [-0.4, -0.2) is 47.5 Å². The van der Waals surface area contributed by atoms with Gasteiger partial charge in [-0.25, -0.2) is 0 Å². The predicted molar refractivity (Wildman–Crippen MR) is 84.9 cm³/mol. The summed E-state index contributed by atoms with van der Waals surface area (Å²) in [6, 6.07) is 4.46. The van der Waals surface area contributed by atoms with Gasteiger partial charge in [-0.3, -0.25) is 9.88 Å². The summed E-state index contributed by atoms with van der Waals surface area (Å²) in [7, 11) is 0. The molecule has 0 radical (unpaired) electrons. The van der Waals surface area contributed by atoms with Crippen molar-refractivity contribution in [1.82, 2.24) is 14.8 Å². The Morgan fingerprint density at radius 1 is 1.20 bits per heavy atom. The molecule has 0 N–H and O–H groups in total. The van der Waals surface area contributed by atoms with E-state index in [1.165, 1.54) is 43.9 Å². The highest BCUT2D eigenvalue weighted by Gasteiger charge is 2.15. The zero-order valence-corrected chi connectivity index (χ0v) is 13.2. The summed E-state index contributed by atoms with van der Waals surface area (Å²) < 4.78 is 0. The van der Waals surface area contributed by atoms with E-state index in [0.29, 0.717) is 0 Å². The Kier molecular flexibility index (Phi) is 5.32. The van der Waals surface area contributed by atoms with Gasteiger partial charge in [0.25, 0.3) is 0 Å². The van der Waals surface area contributed by atoms with Crippen LogP contribution >= 0.6 is 0 Å². The molecule has 1 aliphatic rings. The average Bonchev–Trinajstić information content (AvgIpc) is 2.38. The molecule has 1 aliphatic heterocycles. The van der Waals surface area contributed by atoms with E-state index < -0.39 is 0 Å². The highest BCUT2D eigenvalue weighted by Crippen LogP contribution is 2.13. The number of aromatic nitrogens is 1. The van der Waals surface area contributed by atoms with Crippen LogP contribution < -0.4 is 0 Å². The molecule has 0 spiro atoms. The smallest absolute Gasteiger partial charge is 0.0450 e. The van der Waals surface area contributed by atoms with Crippen LogP contribution in [0, 0.1) is 6.92 Å². The fourth-order valence-electron chi connectivity index (χ4n) is 2.83. The first-order valence-corrected chi connectivity index (χ1v) is 7.62. The highest BCUT2D eigenvalue weighted by atomic mass is 15.3. The quantitative estimate of drug-likeness (QED) is 0.769. The van der Waals surface area contributed by atoms with Gasteiger partial charge in [-0.1, -0.05) is 19.1 Å². The maximum atomic E-state index is 4.60. The molecule has 0 saturated carbocycles. The van der Waals surface area contributed by atoms with E-state index in [1.54, 1.807) is 0 Å². The number of piperazine rings is 1. The molecule has 3 nitrogen and oxygen atoms in total. The molecule has 0 aromatic carbocycles. The Hall–Kier alpha value is -1.19. The summed E-state index contributed by atoms with van der Waals surface area (Å²) in [5, 5.41) is 0. The fourth-order valence-corrected chi connectivity index (χ4v) is 2.83. The van der Waals surface area contributed by atoms with Gasteiger partial charge < -0.3 is 4.90 Å². The Morgan fingerprint density at radius 3 is 2.45 bits per heavy atom. The normalized spacial score (nSPS) is 17.4. The molecular formula is C17H27N3. The van der Waals surface area contributed by atoms with Crippen molar-refractivity contribution in [2.75, 3.05) is 32.7 Å². The van der Waals surface area contributed by atoms with Gasteiger partial charge in [0, 0.05) is 50.5 Å². The van der Waals surface area contributed by atoms with E-state index in [-0.39, 0.29) is 0 Å². The minimum atomic E-state index is 0.887. The van der Waals surface area contributed by atoms with Crippen LogP contribution in [0.1, 0.15) is 30.8 Å². The van der Waals surface area contributed by atoms with E-state index in [1.807, 2.05) is 0 Å². The van der Waals surface area contributed by atoms with Crippen LogP contribution in [0.4, 0.5) is 0 Å². The zero-order valence-electron chi connectivity index (χ0n) is 13.2. The van der Waals surface area contributed by atoms with Gasteiger partial charge in [0.05, 0.1) is 0 Å². The van der Waals surface area contributed by atoms with Crippen LogP contribution in [0.25, 0.3) is 0 Å². The molecular weight excluding hydrogens is 246 g/mol. The first-order valence-electron chi connectivity index (χ1n) is 7.62. The van der Waals surface area contributed by atoms with Crippen LogP contribution in [-0.2, 0) is 13.0 Å². The zero-order chi connectivity index (χ0) is 14.5. The van der Waals surface area contributed by atoms with Gasteiger partial charge in [-0.05, 0) is 38.1 Å². The summed E-state index contributed by atoms with van der Waals surface area (Å²) in [4.78, 5) is 9.67. The van der Waals surface area contributed by atoms with Gasteiger partial charge in [0.2, 0.25) is 0 Å². The molecule has 0 bridgehead atoms. The number of nitrogens with zero attached hydrogens (tertiary/aromatic N) is 3. The Morgan fingerprint density at radius 2 is 1.85 bits per heavy atom. The van der Waals surface area contributed by atoms with Crippen LogP contribution in [0.2, 0.25) is 0 Å². The summed E-state index contributed by atoms with van der Waals surface area (Å²) in [5.74, 6) is 0. The fraction of sp³-hybridized carbons (Fsp3) is 0.588. The van der Waals surface area contributed by atoms with E-state index in [4.69, 9.17) is 0 Å². The minimum Gasteiger partial charge on any atom is -0.301 e. The van der Waals surface area contributed by atoms with Gasteiger partial charge in [-0.2, -0.15) is 0 Å². The standard InChI is InChI=1S/C17H27N3/c1-5-19-6-8-20(9-7-19)13-16-11-15(4)18-17(12-16)10-14(2)3/h11-12H,2,5-10,13H2,1,3-4H3. The average molecular weight is 273 g/mol. The third-order valence-corrected chi connectivity index (χ3v) is 3.87. The molecule has 20 heavy (non-hydrogen) atoms. The molecule has 0 amide bonds. The van der Waals surface area contributed by atoms with Crippen molar-refractivity contribution in [2.24, 2.45) is 0 Å². The number of aryl methyl sites for hydroxylation is 1. The van der Waals surface area contributed by atoms with Crippen molar-refractivity contribution in [2.45, 2.75) is 33.7 Å². The van der Waals surface area contributed by atoms with Crippen molar-refractivity contribution in [3.63, 3.8) is 0 Å². The van der Waals surface area contributed by atoms with Crippen molar-refractivity contribution in [3.8, 4) is 0 Å². The molecule has 2 rings (SSSR count). The third kappa shape index (κ3) is 4.43. The number of pyridine rings is 1. The Bertz CT molecular complexity index is 459. The molecule has 110 valence electrons. The Labute approximate surface area is 123 Å². The molecule has 3 heteroatoms. The molecule has 0 aliphatic carbocycles. The number of hydrogen-bond acceptors (Lipinski definition) is 3. The molecule has 1 fully saturated rings. The molecule has 1 saturated heterocycles. The van der Waals surface area contributed by atoms with E-state index in [0.717, 1.165) is 24.4 Å². The Balaban J connectivity index is 1.98. The maximum absolute atomic E-state index is 4.60. The lowest BCUT2D eigenvalue weighted by molar-refractivity contribution is 0.132. The number of hydrogen-bond donors (Lipinski definition) is 0. The second-order valence-corrected chi connectivity index (χ2v) is 5.95. The first kappa shape index (κ1) is 15.2. The second kappa shape index (κ2) is 7.00. The van der Waals surface area contributed by atoms with E-state index >= 15 is 0 Å². The minimum absolute atomic E-state index is 0.887. The lowest BCUT2D eigenvalue weighted by Gasteiger charge is -2.34. The van der Waals surface area contributed by atoms with Crippen molar-refractivity contribution in [1.29, 1.82) is 0 Å². The lowest BCUT2D eigenvalue weighted by Crippen LogP contribution is -2.45. The first-order chi connectivity index (χ1) is 9.56. The second-order valence-electron chi connectivity index (χ2n) is 5.95. The number of likely N-dealkylation sites (N-methyl/N-ethyl adjacent to an activating group) is 1. The monoisotopic (exact) mass is 273 g/mol. The summed E-state index contributed by atoms with van der Waals surface area (Å²) in [5.41, 5.74) is 4.83. The molecule has 0 atom stereocenters. The maximum Gasteiger partial charge on any atom is 0.0450 e. The molecule has 0 unspecified atom stereocenters. The number of allylic oxidation sites excluding steroid dienone is 1. The third-order valence-electron chi connectivity index (χ3n) is 3.87. The summed E-state index contributed by atoms with van der Waals surface area (Å²) >= 11 is 0.